The van der Waals surface area contributed by atoms with E-state index in [4.69, 9.17) is 15.2 Å². The Labute approximate surface area is 125 Å². The van der Waals surface area contributed by atoms with Crippen molar-refractivity contribution in [3.05, 3.63) is 23.8 Å². The normalized spacial score (nSPS) is 10.6. The van der Waals surface area contributed by atoms with Gasteiger partial charge in [0.2, 0.25) is 0 Å². The number of anilines is 2. The topological polar surface area (TPSA) is 85.0 Å². The van der Waals surface area contributed by atoms with Crippen molar-refractivity contribution in [2.24, 2.45) is 0 Å². The van der Waals surface area contributed by atoms with Crippen molar-refractivity contribution in [1.29, 1.82) is 0 Å². The lowest BCUT2D eigenvalue weighted by atomic mass is 10.1. The van der Waals surface area contributed by atoms with Crippen LogP contribution in [0, 0.1) is 0 Å². The van der Waals surface area contributed by atoms with Gasteiger partial charge in [-0.2, -0.15) is 0 Å². The number of nitrogens with two attached hydrogens (primary N) is 1. The van der Waals surface area contributed by atoms with Gasteiger partial charge in [-0.05, 0) is 32.0 Å². The molecular formula is C15H24N2O4. The number of rotatable bonds is 10. The average molecular weight is 296 g/mol. The number of aromatic carboxylic acids is 1. The smallest absolute Gasteiger partial charge is 0.337 e. The fourth-order valence-corrected chi connectivity index (χ4v) is 1.98. The van der Waals surface area contributed by atoms with E-state index in [-0.39, 0.29) is 5.56 Å². The van der Waals surface area contributed by atoms with Crippen LogP contribution in [-0.4, -0.2) is 50.6 Å². The summed E-state index contributed by atoms with van der Waals surface area (Å²) < 4.78 is 10.7. The van der Waals surface area contributed by atoms with Crippen LogP contribution in [0.15, 0.2) is 18.2 Å². The number of benzene rings is 1. The predicted molar refractivity (Wildman–Crippen MR) is 83.0 cm³/mol. The van der Waals surface area contributed by atoms with Crippen LogP contribution in [0.2, 0.25) is 0 Å². The van der Waals surface area contributed by atoms with Crippen molar-refractivity contribution in [1.82, 2.24) is 0 Å². The molecule has 1 rings (SSSR count). The molecule has 21 heavy (non-hydrogen) atoms. The third-order valence-electron chi connectivity index (χ3n) is 3.01. The van der Waals surface area contributed by atoms with Crippen molar-refractivity contribution >= 4 is 17.3 Å². The SMILES string of the molecule is CCOCCN(CCOCC)c1cc(N)ccc1C(=O)O. The molecule has 0 saturated heterocycles. The molecule has 118 valence electrons. The monoisotopic (exact) mass is 296 g/mol. The van der Waals surface area contributed by atoms with E-state index < -0.39 is 5.97 Å². The minimum Gasteiger partial charge on any atom is -0.478 e. The predicted octanol–water partition coefficient (Wildman–Crippen LogP) is 1.85. The van der Waals surface area contributed by atoms with Crippen LogP contribution in [-0.2, 0) is 9.47 Å². The first kappa shape index (κ1) is 17.3. The molecule has 3 N–H and O–H groups in total. The van der Waals surface area contributed by atoms with Crippen molar-refractivity contribution in [2.75, 3.05) is 50.2 Å². The van der Waals surface area contributed by atoms with Crippen LogP contribution in [0.5, 0.6) is 0 Å². The summed E-state index contributed by atoms with van der Waals surface area (Å²) in [5.74, 6) is -0.970. The van der Waals surface area contributed by atoms with Gasteiger partial charge < -0.3 is 25.2 Å². The Morgan fingerprint density at radius 1 is 1.19 bits per heavy atom. The number of hydrogen-bond acceptors (Lipinski definition) is 5. The van der Waals surface area contributed by atoms with Gasteiger partial charge in [-0.25, -0.2) is 4.79 Å². The van der Waals surface area contributed by atoms with Crippen LogP contribution in [0.25, 0.3) is 0 Å². The summed E-state index contributed by atoms with van der Waals surface area (Å²) in [5.41, 5.74) is 7.16. The molecule has 1 aromatic carbocycles. The van der Waals surface area contributed by atoms with E-state index in [1.807, 2.05) is 18.7 Å². The zero-order valence-corrected chi connectivity index (χ0v) is 12.7. The Hall–Kier alpha value is -1.79. The maximum atomic E-state index is 11.4. The van der Waals surface area contributed by atoms with E-state index in [1.54, 1.807) is 12.1 Å². The summed E-state index contributed by atoms with van der Waals surface area (Å²) in [7, 11) is 0. The summed E-state index contributed by atoms with van der Waals surface area (Å²) in [4.78, 5) is 13.3. The summed E-state index contributed by atoms with van der Waals surface area (Å²) in [5, 5.41) is 9.32. The summed E-state index contributed by atoms with van der Waals surface area (Å²) in [6.45, 7) is 7.33. The molecule has 0 spiro atoms. The number of nitrogen functional groups attached to an aromatic ring is 1. The number of carboxylic acid groups (broad SMARTS) is 1. The molecule has 1 aromatic rings. The van der Waals surface area contributed by atoms with Crippen molar-refractivity contribution in [3.8, 4) is 0 Å². The molecule has 0 aliphatic rings. The molecule has 0 atom stereocenters. The lowest BCUT2D eigenvalue weighted by molar-refractivity contribution is 0.0697. The zero-order valence-electron chi connectivity index (χ0n) is 12.7. The lowest BCUT2D eigenvalue weighted by Crippen LogP contribution is -2.32. The van der Waals surface area contributed by atoms with E-state index >= 15 is 0 Å². The number of ether oxygens (including phenoxy) is 2. The Bertz CT molecular complexity index is 441. The molecule has 0 amide bonds. The number of carboxylic acids is 1. The molecule has 0 unspecified atom stereocenters. The van der Waals surface area contributed by atoms with Crippen LogP contribution in [0.1, 0.15) is 24.2 Å². The van der Waals surface area contributed by atoms with Crippen LogP contribution >= 0.6 is 0 Å². The molecule has 0 fully saturated rings. The van der Waals surface area contributed by atoms with Crippen molar-refractivity contribution in [2.45, 2.75) is 13.8 Å². The van der Waals surface area contributed by atoms with Gasteiger partial charge in [0, 0.05) is 32.0 Å². The highest BCUT2D eigenvalue weighted by Gasteiger charge is 2.16. The molecule has 0 heterocycles. The van der Waals surface area contributed by atoms with Gasteiger partial charge in [0.1, 0.15) is 0 Å². The van der Waals surface area contributed by atoms with Gasteiger partial charge in [0.05, 0.1) is 24.5 Å². The Morgan fingerprint density at radius 3 is 2.24 bits per heavy atom. The first-order valence-electron chi connectivity index (χ1n) is 7.13. The van der Waals surface area contributed by atoms with Gasteiger partial charge in [-0.15, -0.1) is 0 Å². The Balaban J connectivity index is 2.93. The number of nitrogens with zero attached hydrogens (tertiary/aromatic N) is 1. The molecule has 0 aliphatic carbocycles. The molecule has 0 aromatic heterocycles. The lowest BCUT2D eigenvalue weighted by Gasteiger charge is -2.26. The fraction of sp³-hybridized carbons (Fsp3) is 0.533. The Kier molecular flexibility index (Phi) is 7.56. The second-order valence-electron chi connectivity index (χ2n) is 4.46. The summed E-state index contributed by atoms with van der Waals surface area (Å²) >= 11 is 0. The second kappa shape index (κ2) is 9.20. The molecule has 0 saturated carbocycles. The zero-order chi connectivity index (χ0) is 15.7. The minimum absolute atomic E-state index is 0.234. The summed E-state index contributed by atoms with van der Waals surface area (Å²) in [6, 6.07) is 4.80. The van der Waals surface area contributed by atoms with Gasteiger partial charge in [0.25, 0.3) is 0 Å². The molecule has 0 radical (unpaired) electrons. The van der Waals surface area contributed by atoms with Gasteiger partial charge in [0.15, 0.2) is 0 Å². The second-order valence-corrected chi connectivity index (χ2v) is 4.46. The number of hydrogen-bond donors (Lipinski definition) is 2. The maximum absolute atomic E-state index is 11.4. The van der Waals surface area contributed by atoms with E-state index in [2.05, 4.69) is 0 Å². The van der Waals surface area contributed by atoms with E-state index in [0.29, 0.717) is 50.9 Å². The number of carbonyl (C=O) groups is 1. The highest BCUT2D eigenvalue weighted by molar-refractivity contribution is 5.95. The van der Waals surface area contributed by atoms with Crippen LogP contribution in [0.4, 0.5) is 11.4 Å². The van der Waals surface area contributed by atoms with Crippen LogP contribution in [0.3, 0.4) is 0 Å². The van der Waals surface area contributed by atoms with Crippen molar-refractivity contribution < 1.29 is 19.4 Å². The van der Waals surface area contributed by atoms with Gasteiger partial charge in [-0.3, -0.25) is 0 Å². The summed E-state index contributed by atoms with van der Waals surface area (Å²) in [6.07, 6.45) is 0. The van der Waals surface area contributed by atoms with Crippen molar-refractivity contribution in [3.63, 3.8) is 0 Å². The fourth-order valence-electron chi connectivity index (χ4n) is 1.98. The maximum Gasteiger partial charge on any atom is 0.337 e. The molecule has 0 bridgehead atoms. The van der Waals surface area contributed by atoms with E-state index in [0.717, 1.165) is 0 Å². The van der Waals surface area contributed by atoms with Gasteiger partial charge >= 0.3 is 5.97 Å². The molecule has 6 heteroatoms. The first-order valence-corrected chi connectivity index (χ1v) is 7.13. The van der Waals surface area contributed by atoms with Gasteiger partial charge in [-0.1, -0.05) is 0 Å². The van der Waals surface area contributed by atoms with E-state index in [1.165, 1.54) is 6.07 Å². The Morgan fingerprint density at radius 2 is 1.76 bits per heavy atom. The highest BCUT2D eigenvalue weighted by Crippen LogP contribution is 2.23. The minimum atomic E-state index is -0.970. The third-order valence-corrected chi connectivity index (χ3v) is 3.01. The quantitative estimate of drug-likeness (QED) is 0.506. The van der Waals surface area contributed by atoms with E-state index in [9.17, 15) is 9.90 Å². The molecule has 0 aliphatic heterocycles. The molecule has 6 nitrogen and oxygen atoms in total. The highest BCUT2D eigenvalue weighted by atomic mass is 16.5. The molecular weight excluding hydrogens is 272 g/mol. The standard InChI is InChI=1S/C15H24N2O4/c1-3-20-9-7-17(8-10-21-4-2)14-11-12(16)5-6-13(14)15(18)19/h5-6,11H,3-4,7-10,16H2,1-2H3,(H,18,19). The first-order chi connectivity index (χ1) is 10.1. The average Bonchev–Trinajstić information content (AvgIpc) is 2.45. The largest absolute Gasteiger partial charge is 0.478 e. The van der Waals surface area contributed by atoms with Crippen LogP contribution < -0.4 is 10.6 Å². The third kappa shape index (κ3) is 5.61.